The highest BCUT2D eigenvalue weighted by molar-refractivity contribution is 7.16. The monoisotopic (exact) mass is 421 g/mol. The van der Waals surface area contributed by atoms with Crippen LogP contribution in [0.25, 0.3) is 27.4 Å². The second kappa shape index (κ2) is 6.79. The fraction of sp³-hybridized carbons (Fsp3) is 0.143. The van der Waals surface area contributed by atoms with Gasteiger partial charge in [-0.15, -0.1) is 10.2 Å². The summed E-state index contributed by atoms with van der Waals surface area (Å²) in [6.07, 6.45) is 0. The summed E-state index contributed by atoms with van der Waals surface area (Å²) in [6, 6.07) is 19.2. The van der Waals surface area contributed by atoms with Crippen LogP contribution < -0.4 is 4.74 Å². The van der Waals surface area contributed by atoms with Crippen LogP contribution in [0.5, 0.6) is 5.75 Å². The number of ether oxygens (including phenoxy) is 1. The second-order valence-electron chi connectivity index (χ2n) is 7.08. The molecular formula is C21H16ClN5OS. The summed E-state index contributed by atoms with van der Waals surface area (Å²) >= 11 is 7.41. The van der Waals surface area contributed by atoms with Gasteiger partial charge in [0, 0.05) is 10.4 Å². The minimum Gasteiger partial charge on any atom is -0.481 e. The fourth-order valence-corrected chi connectivity index (χ4v) is 4.06. The maximum absolute atomic E-state index is 6.16. The number of nitrogens with zero attached hydrogens (tertiary/aromatic N) is 5. The molecule has 8 heteroatoms. The van der Waals surface area contributed by atoms with Crippen LogP contribution >= 0.6 is 22.9 Å². The van der Waals surface area contributed by atoms with E-state index in [-0.39, 0.29) is 0 Å². The number of fused-ring (bicyclic) bond motifs is 2. The number of rotatable bonds is 4. The summed E-state index contributed by atoms with van der Waals surface area (Å²) in [6.45, 7) is 3.95. The van der Waals surface area contributed by atoms with Crippen molar-refractivity contribution < 1.29 is 4.74 Å². The third-order valence-corrected chi connectivity index (χ3v) is 5.98. The Morgan fingerprint density at radius 2 is 1.76 bits per heavy atom. The minimum atomic E-state index is -0.646. The highest BCUT2D eigenvalue weighted by atomic mass is 35.5. The molecule has 0 saturated heterocycles. The molecule has 29 heavy (non-hydrogen) atoms. The van der Waals surface area contributed by atoms with Gasteiger partial charge in [-0.05, 0) is 50.2 Å². The van der Waals surface area contributed by atoms with Gasteiger partial charge in [-0.3, -0.25) is 0 Å². The first-order valence-corrected chi connectivity index (χ1v) is 10.2. The van der Waals surface area contributed by atoms with Crippen molar-refractivity contribution in [2.24, 2.45) is 0 Å². The summed E-state index contributed by atoms with van der Waals surface area (Å²) in [7, 11) is 0. The van der Waals surface area contributed by atoms with Gasteiger partial charge in [0.05, 0.1) is 5.52 Å². The maximum Gasteiger partial charge on any atom is 0.235 e. The summed E-state index contributed by atoms with van der Waals surface area (Å²) < 4.78 is 7.88. The molecule has 0 radical (unpaired) electrons. The molecule has 0 saturated carbocycles. The number of para-hydroxylation sites is 1. The Kier molecular flexibility index (Phi) is 4.22. The smallest absolute Gasteiger partial charge is 0.235 e. The number of pyridine rings is 1. The Balaban J connectivity index is 1.52. The Morgan fingerprint density at radius 1 is 0.966 bits per heavy atom. The van der Waals surface area contributed by atoms with Gasteiger partial charge in [0.15, 0.2) is 10.6 Å². The number of hydrogen-bond donors (Lipinski definition) is 0. The summed E-state index contributed by atoms with van der Waals surface area (Å²) in [5.41, 5.74) is 0.987. The quantitative estimate of drug-likeness (QED) is 0.390. The van der Waals surface area contributed by atoms with E-state index < -0.39 is 5.60 Å². The first-order valence-electron chi connectivity index (χ1n) is 9.03. The van der Waals surface area contributed by atoms with Crippen molar-refractivity contribution in [3.05, 3.63) is 70.7 Å². The molecule has 0 aliphatic rings. The lowest BCUT2D eigenvalue weighted by Gasteiger charge is -2.23. The SMILES string of the molecule is CC(C)(Oc1ccc(Cl)cc1)c1nn2c(-c3ccc4ccccc4n3)nnc2s1. The molecular weight excluding hydrogens is 406 g/mol. The normalized spacial score (nSPS) is 12.0. The van der Waals surface area contributed by atoms with Gasteiger partial charge in [-0.1, -0.05) is 47.2 Å². The van der Waals surface area contributed by atoms with Crippen molar-refractivity contribution >= 4 is 38.8 Å². The first kappa shape index (κ1) is 18.0. The lowest BCUT2D eigenvalue weighted by Crippen LogP contribution is -2.25. The Labute approximate surface area is 175 Å². The molecule has 0 atom stereocenters. The van der Waals surface area contributed by atoms with Crippen LogP contribution in [0, 0.1) is 0 Å². The summed E-state index contributed by atoms with van der Waals surface area (Å²) in [5, 5.41) is 15.8. The molecule has 0 spiro atoms. The standard InChI is InChI=1S/C21H16ClN5OS/c1-21(2,28-15-10-8-14(22)9-11-15)19-26-27-18(24-25-20(27)29-19)17-12-7-13-5-3-4-6-16(13)23-17/h3-12H,1-2H3. The predicted octanol–water partition coefficient (Wildman–Crippen LogP) is 5.37. The van der Waals surface area contributed by atoms with Crippen LogP contribution in [0.2, 0.25) is 5.02 Å². The molecule has 0 unspecified atom stereocenters. The van der Waals surface area contributed by atoms with Crippen molar-refractivity contribution in [3.63, 3.8) is 0 Å². The Hall–Kier alpha value is -3.03. The van der Waals surface area contributed by atoms with Gasteiger partial charge in [-0.25, -0.2) is 4.98 Å². The Morgan fingerprint density at radius 3 is 2.59 bits per heavy atom. The maximum atomic E-state index is 6.16. The lowest BCUT2D eigenvalue weighted by molar-refractivity contribution is 0.107. The van der Waals surface area contributed by atoms with Crippen molar-refractivity contribution in [1.29, 1.82) is 0 Å². The topological polar surface area (TPSA) is 65.2 Å². The molecule has 0 aliphatic heterocycles. The molecule has 3 heterocycles. The van der Waals surface area contributed by atoms with E-state index in [1.807, 2.05) is 62.4 Å². The Bertz CT molecular complexity index is 1330. The summed E-state index contributed by atoms with van der Waals surface area (Å²) in [5.74, 6) is 1.33. The van der Waals surface area contributed by atoms with Crippen molar-refractivity contribution in [3.8, 4) is 17.3 Å². The number of benzene rings is 2. The van der Waals surface area contributed by atoms with Crippen LogP contribution in [0.1, 0.15) is 18.9 Å². The van der Waals surface area contributed by atoms with E-state index in [1.54, 1.807) is 16.6 Å². The molecule has 5 aromatic rings. The average Bonchev–Trinajstić information content (AvgIpc) is 3.31. The van der Waals surface area contributed by atoms with E-state index in [0.29, 0.717) is 15.8 Å². The molecule has 2 aromatic carbocycles. The molecule has 5 rings (SSSR count). The van der Waals surface area contributed by atoms with Crippen LogP contribution in [-0.2, 0) is 5.60 Å². The highest BCUT2D eigenvalue weighted by Gasteiger charge is 2.29. The lowest BCUT2D eigenvalue weighted by atomic mass is 10.1. The van der Waals surface area contributed by atoms with Crippen molar-refractivity contribution in [1.82, 2.24) is 24.8 Å². The highest BCUT2D eigenvalue weighted by Crippen LogP contribution is 2.32. The third-order valence-electron chi connectivity index (χ3n) is 4.52. The van der Waals surface area contributed by atoms with Crippen molar-refractivity contribution in [2.45, 2.75) is 19.4 Å². The van der Waals surface area contributed by atoms with Gasteiger partial charge in [0.2, 0.25) is 10.8 Å². The van der Waals surface area contributed by atoms with Gasteiger partial charge in [0.25, 0.3) is 0 Å². The molecule has 3 aromatic heterocycles. The van der Waals surface area contributed by atoms with Crippen molar-refractivity contribution in [2.75, 3.05) is 0 Å². The third kappa shape index (κ3) is 3.32. The van der Waals surface area contributed by atoms with Gasteiger partial charge in [-0.2, -0.15) is 9.61 Å². The fourth-order valence-electron chi connectivity index (χ4n) is 3.05. The molecule has 6 nitrogen and oxygen atoms in total. The van der Waals surface area contributed by atoms with Gasteiger partial charge < -0.3 is 4.74 Å². The zero-order valence-corrected chi connectivity index (χ0v) is 17.3. The zero-order valence-electron chi connectivity index (χ0n) is 15.7. The number of aromatic nitrogens is 5. The van der Waals surface area contributed by atoms with Crippen LogP contribution in [0.3, 0.4) is 0 Å². The van der Waals surface area contributed by atoms with E-state index >= 15 is 0 Å². The number of halogens is 1. The average molecular weight is 422 g/mol. The molecule has 0 N–H and O–H groups in total. The van der Waals surface area contributed by atoms with Gasteiger partial charge >= 0.3 is 0 Å². The van der Waals surface area contributed by atoms with Crippen LogP contribution in [-0.4, -0.2) is 24.8 Å². The first-order chi connectivity index (χ1) is 14.0. The molecule has 0 fully saturated rings. The van der Waals surface area contributed by atoms with Gasteiger partial charge in [0.1, 0.15) is 11.4 Å². The number of hydrogen-bond acceptors (Lipinski definition) is 6. The second-order valence-corrected chi connectivity index (χ2v) is 8.47. The van der Waals surface area contributed by atoms with E-state index in [4.69, 9.17) is 26.4 Å². The molecule has 0 aliphatic carbocycles. The minimum absolute atomic E-state index is 0.607. The summed E-state index contributed by atoms with van der Waals surface area (Å²) in [4.78, 5) is 5.41. The van der Waals surface area contributed by atoms with E-state index in [1.165, 1.54) is 11.3 Å². The molecule has 0 bridgehead atoms. The molecule has 0 amide bonds. The molecule has 144 valence electrons. The van der Waals surface area contributed by atoms with Crippen LogP contribution in [0.15, 0.2) is 60.7 Å². The van der Waals surface area contributed by atoms with E-state index in [0.717, 1.165) is 27.4 Å². The predicted molar refractivity (Wildman–Crippen MR) is 115 cm³/mol. The van der Waals surface area contributed by atoms with E-state index in [9.17, 15) is 0 Å². The zero-order chi connectivity index (χ0) is 20.0. The van der Waals surface area contributed by atoms with Crippen LogP contribution in [0.4, 0.5) is 0 Å². The largest absolute Gasteiger partial charge is 0.481 e. The van der Waals surface area contributed by atoms with E-state index in [2.05, 4.69) is 10.2 Å².